The van der Waals surface area contributed by atoms with Gasteiger partial charge in [0.05, 0.1) is 0 Å². The molecule has 0 amide bonds. The SMILES string of the molecule is C=C(C)C(=O)Oc1ccc(OC2(C)CCCC2)c(F)c1. The highest BCUT2D eigenvalue weighted by atomic mass is 19.1. The van der Waals surface area contributed by atoms with Crippen LogP contribution in [0.4, 0.5) is 4.39 Å². The molecule has 1 saturated carbocycles. The lowest BCUT2D eigenvalue weighted by molar-refractivity contribution is -0.130. The van der Waals surface area contributed by atoms with E-state index in [1.807, 2.05) is 6.92 Å². The fraction of sp³-hybridized carbons (Fsp3) is 0.438. The Kier molecular flexibility index (Phi) is 4.12. The third-order valence-corrected chi connectivity index (χ3v) is 3.48. The molecule has 0 saturated heterocycles. The van der Waals surface area contributed by atoms with Crippen LogP contribution in [0.1, 0.15) is 39.5 Å². The van der Waals surface area contributed by atoms with Gasteiger partial charge in [-0.05, 0) is 51.7 Å². The first-order valence-corrected chi connectivity index (χ1v) is 6.76. The van der Waals surface area contributed by atoms with E-state index in [9.17, 15) is 9.18 Å². The third kappa shape index (κ3) is 3.38. The summed E-state index contributed by atoms with van der Waals surface area (Å²) in [6.07, 6.45) is 4.07. The largest absolute Gasteiger partial charge is 0.485 e. The van der Waals surface area contributed by atoms with Crippen LogP contribution in [-0.2, 0) is 4.79 Å². The summed E-state index contributed by atoms with van der Waals surface area (Å²) >= 11 is 0. The second-order valence-corrected chi connectivity index (χ2v) is 5.52. The van der Waals surface area contributed by atoms with Crippen molar-refractivity contribution in [3.63, 3.8) is 0 Å². The van der Waals surface area contributed by atoms with Crippen LogP contribution < -0.4 is 9.47 Å². The van der Waals surface area contributed by atoms with Crippen molar-refractivity contribution in [2.45, 2.75) is 45.1 Å². The van der Waals surface area contributed by atoms with Gasteiger partial charge in [-0.3, -0.25) is 0 Å². The summed E-state index contributed by atoms with van der Waals surface area (Å²) in [5, 5.41) is 0. The average molecular weight is 278 g/mol. The number of esters is 1. The Morgan fingerprint density at radius 3 is 2.55 bits per heavy atom. The fourth-order valence-corrected chi connectivity index (χ4v) is 2.31. The van der Waals surface area contributed by atoms with Crippen molar-refractivity contribution in [1.29, 1.82) is 0 Å². The van der Waals surface area contributed by atoms with Crippen molar-refractivity contribution >= 4 is 5.97 Å². The molecule has 0 atom stereocenters. The van der Waals surface area contributed by atoms with E-state index in [1.165, 1.54) is 19.1 Å². The molecule has 0 aromatic heterocycles. The van der Waals surface area contributed by atoms with E-state index in [0.717, 1.165) is 31.7 Å². The maximum Gasteiger partial charge on any atom is 0.338 e. The lowest BCUT2D eigenvalue weighted by Gasteiger charge is -2.25. The van der Waals surface area contributed by atoms with Crippen LogP contribution in [0.3, 0.4) is 0 Å². The van der Waals surface area contributed by atoms with E-state index in [0.29, 0.717) is 0 Å². The van der Waals surface area contributed by atoms with Gasteiger partial charge in [0.25, 0.3) is 0 Å². The number of hydrogen-bond acceptors (Lipinski definition) is 3. The van der Waals surface area contributed by atoms with Crippen molar-refractivity contribution in [2.24, 2.45) is 0 Å². The summed E-state index contributed by atoms with van der Waals surface area (Å²) in [4.78, 5) is 11.4. The molecule has 4 heteroatoms. The number of rotatable bonds is 4. The molecule has 20 heavy (non-hydrogen) atoms. The molecule has 1 fully saturated rings. The van der Waals surface area contributed by atoms with Crippen molar-refractivity contribution in [3.8, 4) is 11.5 Å². The smallest absolute Gasteiger partial charge is 0.338 e. The van der Waals surface area contributed by atoms with Crippen LogP contribution in [0.25, 0.3) is 0 Å². The average Bonchev–Trinajstić information content (AvgIpc) is 2.79. The first-order chi connectivity index (χ1) is 9.39. The standard InChI is InChI=1S/C16H19FO3/c1-11(2)15(18)19-12-6-7-14(13(17)10-12)20-16(3)8-4-5-9-16/h6-7,10H,1,4-5,8-9H2,2-3H3. The van der Waals surface area contributed by atoms with Gasteiger partial charge in [0.1, 0.15) is 11.4 Å². The van der Waals surface area contributed by atoms with Crippen molar-refractivity contribution < 1.29 is 18.7 Å². The van der Waals surface area contributed by atoms with E-state index in [2.05, 4.69) is 6.58 Å². The van der Waals surface area contributed by atoms with Crippen LogP contribution in [0, 0.1) is 5.82 Å². The predicted molar refractivity (Wildman–Crippen MR) is 74.4 cm³/mol. The van der Waals surface area contributed by atoms with Gasteiger partial charge in [-0.1, -0.05) is 6.58 Å². The zero-order valence-electron chi connectivity index (χ0n) is 11.9. The maximum atomic E-state index is 14.0. The lowest BCUT2D eigenvalue weighted by atomic mass is 10.1. The summed E-state index contributed by atoms with van der Waals surface area (Å²) in [6.45, 7) is 7.01. The monoisotopic (exact) mass is 278 g/mol. The maximum absolute atomic E-state index is 14.0. The van der Waals surface area contributed by atoms with Crippen molar-refractivity contribution in [3.05, 3.63) is 36.2 Å². The van der Waals surface area contributed by atoms with Gasteiger partial charge in [0.2, 0.25) is 0 Å². The summed E-state index contributed by atoms with van der Waals surface area (Å²) in [5.74, 6) is -0.741. The Morgan fingerprint density at radius 2 is 2.00 bits per heavy atom. The lowest BCUT2D eigenvalue weighted by Crippen LogP contribution is -2.28. The van der Waals surface area contributed by atoms with Crippen LogP contribution >= 0.6 is 0 Å². The number of carbonyl (C=O) groups excluding carboxylic acids is 1. The van der Waals surface area contributed by atoms with Gasteiger partial charge in [-0.2, -0.15) is 0 Å². The topological polar surface area (TPSA) is 35.5 Å². The molecular weight excluding hydrogens is 259 g/mol. The van der Waals surface area contributed by atoms with E-state index < -0.39 is 11.8 Å². The molecule has 0 unspecified atom stereocenters. The number of ether oxygens (including phenoxy) is 2. The zero-order valence-corrected chi connectivity index (χ0v) is 11.9. The van der Waals surface area contributed by atoms with Crippen LogP contribution in [0.15, 0.2) is 30.4 Å². The summed E-state index contributed by atoms with van der Waals surface area (Å²) in [5.41, 5.74) is -0.0271. The van der Waals surface area contributed by atoms with Crippen LogP contribution in [-0.4, -0.2) is 11.6 Å². The molecule has 0 heterocycles. The Morgan fingerprint density at radius 1 is 1.35 bits per heavy atom. The molecule has 0 N–H and O–H groups in total. The molecule has 1 aliphatic rings. The highest BCUT2D eigenvalue weighted by Gasteiger charge is 2.31. The van der Waals surface area contributed by atoms with E-state index in [-0.39, 0.29) is 22.7 Å². The van der Waals surface area contributed by atoms with Gasteiger partial charge >= 0.3 is 5.97 Å². The molecule has 108 valence electrons. The summed E-state index contributed by atoms with van der Waals surface area (Å²) in [7, 11) is 0. The van der Waals surface area contributed by atoms with Gasteiger partial charge < -0.3 is 9.47 Å². The summed E-state index contributed by atoms with van der Waals surface area (Å²) < 4.78 is 24.7. The minimum atomic E-state index is -0.569. The molecule has 0 bridgehead atoms. The first-order valence-electron chi connectivity index (χ1n) is 6.76. The van der Waals surface area contributed by atoms with Gasteiger partial charge in [-0.25, -0.2) is 9.18 Å². The molecule has 1 aliphatic carbocycles. The van der Waals surface area contributed by atoms with E-state index >= 15 is 0 Å². The Labute approximate surface area is 118 Å². The molecule has 2 rings (SSSR count). The fourth-order valence-electron chi connectivity index (χ4n) is 2.31. The Bertz CT molecular complexity index is 531. The minimum Gasteiger partial charge on any atom is -0.485 e. The molecule has 3 nitrogen and oxygen atoms in total. The molecule has 1 aromatic rings. The third-order valence-electron chi connectivity index (χ3n) is 3.48. The quantitative estimate of drug-likeness (QED) is 0.474. The molecule has 0 aliphatic heterocycles. The van der Waals surface area contributed by atoms with Gasteiger partial charge in [-0.15, -0.1) is 0 Å². The number of halogens is 1. The Balaban J connectivity index is 2.09. The highest BCUT2D eigenvalue weighted by molar-refractivity contribution is 5.88. The normalized spacial score (nSPS) is 16.8. The molecule has 1 aromatic carbocycles. The number of carbonyl (C=O) groups is 1. The van der Waals surface area contributed by atoms with Gasteiger partial charge in [0, 0.05) is 11.6 Å². The second-order valence-electron chi connectivity index (χ2n) is 5.52. The van der Waals surface area contributed by atoms with Crippen molar-refractivity contribution in [1.82, 2.24) is 0 Å². The highest BCUT2D eigenvalue weighted by Crippen LogP contribution is 2.35. The van der Waals surface area contributed by atoms with E-state index in [4.69, 9.17) is 9.47 Å². The molecular formula is C16H19FO3. The predicted octanol–water partition coefficient (Wildman–Crippen LogP) is 4.02. The van der Waals surface area contributed by atoms with Gasteiger partial charge in [0.15, 0.2) is 11.6 Å². The van der Waals surface area contributed by atoms with E-state index in [1.54, 1.807) is 0 Å². The number of hydrogen-bond donors (Lipinski definition) is 0. The van der Waals surface area contributed by atoms with Crippen molar-refractivity contribution in [2.75, 3.05) is 0 Å². The zero-order chi connectivity index (χ0) is 14.8. The number of benzene rings is 1. The van der Waals surface area contributed by atoms with Crippen LogP contribution in [0.5, 0.6) is 11.5 Å². The first kappa shape index (κ1) is 14.6. The molecule has 0 radical (unpaired) electrons. The minimum absolute atomic E-state index is 0.152. The Hall–Kier alpha value is -1.84. The van der Waals surface area contributed by atoms with Crippen LogP contribution in [0.2, 0.25) is 0 Å². The second kappa shape index (κ2) is 5.65. The summed E-state index contributed by atoms with van der Waals surface area (Å²) in [6, 6.07) is 4.19. The molecule has 0 spiro atoms.